The number of fused-ring (bicyclic) bond motifs is 2. The summed E-state index contributed by atoms with van der Waals surface area (Å²) in [5.74, 6) is -2.31. The Morgan fingerprint density at radius 3 is 2.50 bits per heavy atom. The highest BCUT2D eigenvalue weighted by molar-refractivity contribution is 5.86. The van der Waals surface area contributed by atoms with E-state index in [2.05, 4.69) is 17.4 Å². The molecule has 1 aromatic carbocycles. The Morgan fingerprint density at radius 2 is 1.82 bits per heavy atom. The summed E-state index contributed by atoms with van der Waals surface area (Å²) in [6.45, 7) is 0.563. The van der Waals surface area contributed by atoms with Crippen molar-refractivity contribution in [3.63, 3.8) is 0 Å². The Kier molecular flexibility index (Phi) is 4.43. The normalized spacial score (nSPS) is 29.5. The number of ether oxygens (including phenoxy) is 1. The smallest absolute Gasteiger partial charge is 0.310 e. The fourth-order valence-corrected chi connectivity index (χ4v) is 3.59. The van der Waals surface area contributed by atoms with E-state index in [9.17, 15) is 14.7 Å². The molecule has 3 rings (SSSR count). The maximum absolute atomic E-state index is 12.3. The van der Waals surface area contributed by atoms with Gasteiger partial charge >= 0.3 is 5.97 Å². The standard InChI is InChI=1S/C17H21NO4/c19-16(18-10-4-7-11-5-2-1-3-6-11)14-12-8-9-13(22-12)15(14)17(20)21/h1-3,5-6,12-15H,4,7-10H2,(H,18,19)(H,20,21)/t12-,13+,14?,15?/m0/s1. The second-order valence-electron chi connectivity index (χ2n) is 6.06. The Hall–Kier alpha value is -1.88. The number of aliphatic carboxylic acids is 1. The van der Waals surface area contributed by atoms with Crippen LogP contribution in [0.1, 0.15) is 24.8 Å². The first-order valence-corrected chi connectivity index (χ1v) is 7.86. The van der Waals surface area contributed by atoms with Crippen LogP contribution in [0.5, 0.6) is 0 Å². The lowest BCUT2D eigenvalue weighted by Gasteiger charge is -2.23. The minimum atomic E-state index is -0.920. The van der Waals surface area contributed by atoms with E-state index >= 15 is 0 Å². The maximum Gasteiger partial charge on any atom is 0.310 e. The molecular formula is C17H21NO4. The zero-order valence-electron chi connectivity index (χ0n) is 12.4. The van der Waals surface area contributed by atoms with Gasteiger partial charge in [-0.2, -0.15) is 0 Å². The summed E-state index contributed by atoms with van der Waals surface area (Å²) in [6, 6.07) is 10.1. The molecule has 5 heteroatoms. The molecule has 2 fully saturated rings. The Balaban J connectivity index is 1.48. The molecule has 4 atom stereocenters. The number of carbonyl (C=O) groups excluding carboxylic acids is 1. The summed E-state index contributed by atoms with van der Waals surface area (Å²) >= 11 is 0. The van der Waals surface area contributed by atoms with Crippen molar-refractivity contribution in [2.45, 2.75) is 37.9 Å². The summed E-state index contributed by atoms with van der Waals surface area (Å²) in [5.41, 5.74) is 1.24. The predicted molar refractivity (Wildman–Crippen MR) is 80.3 cm³/mol. The van der Waals surface area contributed by atoms with Gasteiger partial charge < -0.3 is 15.2 Å². The lowest BCUT2D eigenvalue weighted by atomic mass is 9.78. The van der Waals surface area contributed by atoms with E-state index in [0.717, 1.165) is 25.7 Å². The molecule has 2 N–H and O–H groups in total. The van der Waals surface area contributed by atoms with E-state index in [4.69, 9.17) is 4.74 Å². The van der Waals surface area contributed by atoms with Crippen LogP contribution in [0.15, 0.2) is 30.3 Å². The average Bonchev–Trinajstić information content (AvgIpc) is 3.13. The molecule has 0 aliphatic carbocycles. The van der Waals surface area contributed by atoms with Gasteiger partial charge in [-0.1, -0.05) is 30.3 Å². The average molecular weight is 303 g/mol. The minimum absolute atomic E-state index is 0.173. The number of hydrogen-bond acceptors (Lipinski definition) is 3. The molecule has 2 heterocycles. The number of nitrogens with one attached hydrogen (secondary N) is 1. The first kappa shape index (κ1) is 15.0. The molecule has 2 unspecified atom stereocenters. The van der Waals surface area contributed by atoms with Gasteiger partial charge in [0, 0.05) is 6.54 Å². The van der Waals surface area contributed by atoms with Crippen LogP contribution in [-0.4, -0.2) is 35.7 Å². The van der Waals surface area contributed by atoms with Gasteiger partial charge in [0.05, 0.1) is 24.0 Å². The predicted octanol–water partition coefficient (Wildman–Crippen LogP) is 1.61. The zero-order valence-corrected chi connectivity index (χ0v) is 12.4. The summed E-state index contributed by atoms with van der Waals surface area (Å²) in [4.78, 5) is 23.7. The van der Waals surface area contributed by atoms with E-state index in [1.54, 1.807) is 0 Å². The second-order valence-corrected chi connectivity index (χ2v) is 6.06. The van der Waals surface area contributed by atoms with E-state index in [1.165, 1.54) is 5.56 Å². The van der Waals surface area contributed by atoms with Gasteiger partial charge in [0.25, 0.3) is 0 Å². The second kappa shape index (κ2) is 6.48. The van der Waals surface area contributed by atoms with E-state index in [0.29, 0.717) is 6.54 Å². The number of rotatable bonds is 6. The van der Waals surface area contributed by atoms with Crippen LogP contribution >= 0.6 is 0 Å². The van der Waals surface area contributed by atoms with Crippen LogP contribution in [0.3, 0.4) is 0 Å². The maximum atomic E-state index is 12.3. The SMILES string of the molecule is O=C(NCCCc1ccccc1)C1C(C(=O)O)[C@H]2CC[C@@H]1O2. The van der Waals surface area contributed by atoms with Crippen LogP contribution in [-0.2, 0) is 20.7 Å². The summed E-state index contributed by atoms with van der Waals surface area (Å²) in [7, 11) is 0. The van der Waals surface area contributed by atoms with Gasteiger partial charge in [-0.15, -0.1) is 0 Å². The monoisotopic (exact) mass is 303 g/mol. The first-order valence-electron chi connectivity index (χ1n) is 7.86. The molecule has 2 aliphatic heterocycles. The number of carboxylic acids is 1. The highest BCUT2D eigenvalue weighted by Gasteiger charge is 2.55. The Bertz CT molecular complexity index is 545. The van der Waals surface area contributed by atoms with Crippen molar-refractivity contribution in [3.8, 4) is 0 Å². The molecule has 0 saturated carbocycles. The molecule has 2 bridgehead atoms. The fourth-order valence-electron chi connectivity index (χ4n) is 3.59. The van der Waals surface area contributed by atoms with Gasteiger partial charge in [0.15, 0.2) is 0 Å². The molecule has 1 aromatic rings. The van der Waals surface area contributed by atoms with E-state index in [1.807, 2.05) is 18.2 Å². The fraction of sp³-hybridized carbons (Fsp3) is 0.529. The minimum Gasteiger partial charge on any atom is -0.481 e. The van der Waals surface area contributed by atoms with Gasteiger partial charge in [-0.05, 0) is 31.2 Å². The molecule has 2 saturated heterocycles. The lowest BCUT2D eigenvalue weighted by molar-refractivity contribution is -0.147. The number of benzene rings is 1. The third kappa shape index (κ3) is 2.99. The molecule has 0 aromatic heterocycles. The van der Waals surface area contributed by atoms with Crippen LogP contribution in [0, 0.1) is 11.8 Å². The third-order valence-corrected chi connectivity index (χ3v) is 4.65. The van der Waals surface area contributed by atoms with Crippen molar-refractivity contribution in [1.29, 1.82) is 0 Å². The first-order chi connectivity index (χ1) is 10.7. The van der Waals surface area contributed by atoms with Crippen molar-refractivity contribution >= 4 is 11.9 Å². The van der Waals surface area contributed by atoms with Gasteiger partial charge in [-0.3, -0.25) is 9.59 Å². The summed E-state index contributed by atoms with van der Waals surface area (Å²) < 4.78 is 5.61. The number of hydrogen-bond donors (Lipinski definition) is 2. The van der Waals surface area contributed by atoms with Crippen LogP contribution in [0.25, 0.3) is 0 Å². The molecule has 0 spiro atoms. The molecule has 5 nitrogen and oxygen atoms in total. The lowest BCUT2D eigenvalue weighted by Crippen LogP contribution is -2.44. The van der Waals surface area contributed by atoms with Gasteiger partial charge in [-0.25, -0.2) is 0 Å². The number of aryl methyl sites for hydroxylation is 1. The Morgan fingerprint density at radius 1 is 1.14 bits per heavy atom. The van der Waals surface area contributed by atoms with Gasteiger partial charge in [0.1, 0.15) is 0 Å². The van der Waals surface area contributed by atoms with E-state index < -0.39 is 17.8 Å². The van der Waals surface area contributed by atoms with Crippen molar-refractivity contribution in [2.24, 2.45) is 11.8 Å². The van der Waals surface area contributed by atoms with Crippen molar-refractivity contribution < 1.29 is 19.4 Å². The van der Waals surface area contributed by atoms with E-state index in [-0.39, 0.29) is 18.1 Å². The highest BCUT2D eigenvalue weighted by atomic mass is 16.5. The molecular weight excluding hydrogens is 282 g/mol. The summed E-state index contributed by atoms with van der Waals surface area (Å²) in [6.07, 6.45) is 2.77. The number of amides is 1. The highest BCUT2D eigenvalue weighted by Crippen LogP contribution is 2.43. The number of carbonyl (C=O) groups is 2. The zero-order chi connectivity index (χ0) is 15.5. The van der Waals surface area contributed by atoms with Gasteiger partial charge in [0.2, 0.25) is 5.91 Å². The third-order valence-electron chi connectivity index (χ3n) is 4.65. The van der Waals surface area contributed by atoms with Crippen LogP contribution in [0.2, 0.25) is 0 Å². The quantitative estimate of drug-likeness (QED) is 0.783. The van der Waals surface area contributed by atoms with Crippen LogP contribution in [0.4, 0.5) is 0 Å². The summed E-state index contributed by atoms with van der Waals surface area (Å²) in [5, 5.41) is 12.2. The van der Waals surface area contributed by atoms with Crippen molar-refractivity contribution in [1.82, 2.24) is 5.32 Å². The molecule has 22 heavy (non-hydrogen) atoms. The largest absolute Gasteiger partial charge is 0.481 e. The topological polar surface area (TPSA) is 75.6 Å². The molecule has 118 valence electrons. The van der Waals surface area contributed by atoms with Crippen molar-refractivity contribution in [2.75, 3.05) is 6.54 Å². The number of carboxylic acid groups (broad SMARTS) is 1. The van der Waals surface area contributed by atoms with Crippen molar-refractivity contribution in [3.05, 3.63) is 35.9 Å². The van der Waals surface area contributed by atoms with Crippen LogP contribution < -0.4 is 5.32 Å². The molecule has 0 radical (unpaired) electrons. The molecule has 1 amide bonds. The molecule has 2 aliphatic rings. The Labute approximate surface area is 129 Å².